The molecule has 1 aromatic rings. The topological polar surface area (TPSA) is 20.3 Å². The largest absolute Gasteiger partial charge is 0.298 e. The van der Waals surface area contributed by atoms with Gasteiger partial charge in [0.25, 0.3) is 0 Å². The lowest BCUT2D eigenvalue weighted by Gasteiger charge is -2.25. The molecule has 1 aliphatic rings. The molecule has 1 saturated heterocycles. The molecule has 0 radical (unpaired) electrons. The van der Waals surface area contributed by atoms with Gasteiger partial charge in [-0.3, -0.25) is 9.69 Å². The average molecular weight is 223 g/mol. The Kier molecular flexibility index (Phi) is 3.54. The van der Waals surface area contributed by atoms with Crippen LogP contribution in [0.5, 0.6) is 0 Å². The van der Waals surface area contributed by atoms with Gasteiger partial charge in [-0.15, -0.1) is 11.3 Å². The van der Waals surface area contributed by atoms with Crippen LogP contribution in [0.3, 0.4) is 0 Å². The lowest BCUT2D eigenvalue weighted by Crippen LogP contribution is -2.28. The number of hydrogen-bond donors (Lipinski definition) is 0. The normalized spacial score (nSPS) is 17.9. The summed E-state index contributed by atoms with van der Waals surface area (Å²) in [5.41, 5.74) is 0. The van der Waals surface area contributed by atoms with E-state index >= 15 is 0 Å². The number of hydrogen-bond acceptors (Lipinski definition) is 3. The smallest absolute Gasteiger partial charge is 0.169 e. The van der Waals surface area contributed by atoms with Crippen LogP contribution in [0.25, 0.3) is 0 Å². The first-order valence-corrected chi connectivity index (χ1v) is 6.39. The first kappa shape index (κ1) is 10.8. The van der Waals surface area contributed by atoms with E-state index in [1.165, 1.54) is 37.2 Å². The Balaban J connectivity index is 1.94. The van der Waals surface area contributed by atoms with E-state index in [0.29, 0.717) is 0 Å². The zero-order valence-corrected chi connectivity index (χ0v) is 9.98. The fourth-order valence-electron chi connectivity index (χ4n) is 1.99. The number of rotatable bonds is 3. The molecule has 15 heavy (non-hydrogen) atoms. The van der Waals surface area contributed by atoms with Crippen LogP contribution in [-0.2, 0) is 6.54 Å². The predicted molar refractivity (Wildman–Crippen MR) is 63.5 cm³/mol. The van der Waals surface area contributed by atoms with Crippen molar-refractivity contribution in [1.82, 2.24) is 4.90 Å². The van der Waals surface area contributed by atoms with Crippen molar-refractivity contribution >= 4 is 17.1 Å². The molecule has 1 aromatic heterocycles. The van der Waals surface area contributed by atoms with Gasteiger partial charge in [-0.1, -0.05) is 6.42 Å². The molecule has 2 rings (SSSR count). The number of ketones is 1. The zero-order valence-electron chi connectivity index (χ0n) is 9.16. The molecule has 3 heteroatoms. The second-order valence-electron chi connectivity index (χ2n) is 4.16. The third-order valence-electron chi connectivity index (χ3n) is 2.84. The third kappa shape index (κ3) is 2.89. The number of Topliss-reactive ketones (excluding diaryl/α,β-unsaturated/α-hetero) is 1. The van der Waals surface area contributed by atoms with E-state index in [2.05, 4.69) is 11.0 Å². The molecule has 0 atom stereocenters. The molecular formula is C12H17NOS. The summed E-state index contributed by atoms with van der Waals surface area (Å²) in [5.74, 6) is 0.185. The number of nitrogens with zero attached hydrogens (tertiary/aromatic N) is 1. The highest BCUT2D eigenvalue weighted by molar-refractivity contribution is 7.14. The molecule has 0 unspecified atom stereocenters. The molecule has 82 valence electrons. The maximum atomic E-state index is 11.1. The Morgan fingerprint density at radius 2 is 2.07 bits per heavy atom. The van der Waals surface area contributed by atoms with E-state index in [4.69, 9.17) is 0 Å². The van der Waals surface area contributed by atoms with E-state index in [1.54, 1.807) is 18.3 Å². The number of carbonyl (C=O) groups is 1. The van der Waals surface area contributed by atoms with E-state index in [9.17, 15) is 4.79 Å². The Morgan fingerprint density at radius 3 is 2.67 bits per heavy atom. The molecule has 0 saturated carbocycles. The summed E-state index contributed by atoms with van der Waals surface area (Å²) in [6.07, 6.45) is 4.02. The van der Waals surface area contributed by atoms with Crippen LogP contribution in [0, 0.1) is 0 Å². The molecule has 0 aromatic carbocycles. The summed E-state index contributed by atoms with van der Waals surface area (Å²) in [7, 11) is 0. The van der Waals surface area contributed by atoms with Crippen LogP contribution in [0.15, 0.2) is 12.1 Å². The molecule has 1 fully saturated rings. The Morgan fingerprint density at radius 1 is 1.33 bits per heavy atom. The molecule has 2 heterocycles. The van der Waals surface area contributed by atoms with Gasteiger partial charge < -0.3 is 0 Å². The summed E-state index contributed by atoms with van der Waals surface area (Å²) in [5, 5.41) is 0. The minimum atomic E-state index is 0.185. The highest BCUT2D eigenvalue weighted by Crippen LogP contribution is 2.20. The first-order chi connectivity index (χ1) is 7.25. The highest BCUT2D eigenvalue weighted by Gasteiger charge is 2.12. The van der Waals surface area contributed by atoms with Gasteiger partial charge in [0.2, 0.25) is 0 Å². The summed E-state index contributed by atoms with van der Waals surface area (Å²) in [6.45, 7) is 5.09. The lowest BCUT2D eigenvalue weighted by molar-refractivity contribution is 0.102. The van der Waals surface area contributed by atoms with Crippen molar-refractivity contribution in [3.05, 3.63) is 21.9 Å². The summed E-state index contributed by atoms with van der Waals surface area (Å²) < 4.78 is 0. The lowest BCUT2D eigenvalue weighted by atomic mass is 10.1. The average Bonchev–Trinajstić information content (AvgIpc) is 2.68. The SMILES string of the molecule is CC(=O)c1ccc(CN2CCCCC2)s1. The van der Waals surface area contributed by atoms with Crippen molar-refractivity contribution in [3.63, 3.8) is 0 Å². The van der Waals surface area contributed by atoms with Crippen LogP contribution in [0.2, 0.25) is 0 Å². The van der Waals surface area contributed by atoms with E-state index < -0.39 is 0 Å². The minimum Gasteiger partial charge on any atom is -0.298 e. The van der Waals surface area contributed by atoms with Crippen LogP contribution >= 0.6 is 11.3 Å². The minimum absolute atomic E-state index is 0.185. The van der Waals surface area contributed by atoms with Crippen molar-refractivity contribution in [1.29, 1.82) is 0 Å². The highest BCUT2D eigenvalue weighted by atomic mass is 32.1. The summed E-state index contributed by atoms with van der Waals surface area (Å²) in [6, 6.07) is 4.04. The van der Waals surface area contributed by atoms with Crippen LogP contribution in [-0.4, -0.2) is 23.8 Å². The Hall–Kier alpha value is -0.670. The third-order valence-corrected chi connectivity index (χ3v) is 4.01. The molecule has 0 N–H and O–H groups in total. The van der Waals surface area contributed by atoms with Gasteiger partial charge in [-0.05, 0) is 45.0 Å². The first-order valence-electron chi connectivity index (χ1n) is 5.58. The summed E-state index contributed by atoms with van der Waals surface area (Å²) in [4.78, 5) is 15.8. The molecule has 1 aliphatic heterocycles. The van der Waals surface area contributed by atoms with Crippen LogP contribution in [0.1, 0.15) is 40.7 Å². The maximum Gasteiger partial charge on any atom is 0.169 e. The Labute approximate surface area is 94.9 Å². The van der Waals surface area contributed by atoms with E-state index in [-0.39, 0.29) is 5.78 Å². The number of thiophene rings is 1. The van der Waals surface area contributed by atoms with Crippen LogP contribution in [0.4, 0.5) is 0 Å². The van der Waals surface area contributed by atoms with E-state index in [0.717, 1.165) is 11.4 Å². The monoisotopic (exact) mass is 223 g/mol. The van der Waals surface area contributed by atoms with Gasteiger partial charge in [0.15, 0.2) is 5.78 Å². The van der Waals surface area contributed by atoms with Gasteiger partial charge in [-0.25, -0.2) is 0 Å². The Bertz CT molecular complexity index is 339. The molecule has 0 aliphatic carbocycles. The second kappa shape index (κ2) is 4.90. The molecule has 0 spiro atoms. The van der Waals surface area contributed by atoms with Gasteiger partial charge in [0.1, 0.15) is 0 Å². The fourth-order valence-corrected chi connectivity index (χ4v) is 2.94. The summed E-state index contributed by atoms with van der Waals surface area (Å²) >= 11 is 1.64. The van der Waals surface area contributed by atoms with Crippen molar-refractivity contribution in [2.24, 2.45) is 0 Å². The molecule has 0 amide bonds. The number of likely N-dealkylation sites (tertiary alicyclic amines) is 1. The fraction of sp³-hybridized carbons (Fsp3) is 0.583. The quantitative estimate of drug-likeness (QED) is 0.734. The van der Waals surface area contributed by atoms with Gasteiger partial charge in [0.05, 0.1) is 4.88 Å². The molecule has 2 nitrogen and oxygen atoms in total. The number of piperidine rings is 1. The molecule has 0 bridgehead atoms. The van der Waals surface area contributed by atoms with Crippen LogP contribution < -0.4 is 0 Å². The predicted octanol–water partition coefficient (Wildman–Crippen LogP) is 2.94. The number of carbonyl (C=O) groups excluding carboxylic acids is 1. The standard InChI is InChI=1S/C12H17NOS/c1-10(14)12-6-5-11(15-12)9-13-7-3-2-4-8-13/h5-6H,2-4,7-9H2,1H3. The zero-order chi connectivity index (χ0) is 10.7. The van der Waals surface area contributed by atoms with Gasteiger partial charge in [-0.2, -0.15) is 0 Å². The second-order valence-corrected chi connectivity index (χ2v) is 5.33. The van der Waals surface area contributed by atoms with Crippen molar-refractivity contribution in [2.75, 3.05) is 13.1 Å². The van der Waals surface area contributed by atoms with Crippen molar-refractivity contribution in [3.8, 4) is 0 Å². The van der Waals surface area contributed by atoms with Crippen molar-refractivity contribution < 1.29 is 4.79 Å². The molecular weight excluding hydrogens is 206 g/mol. The maximum absolute atomic E-state index is 11.1. The van der Waals surface area contributed by atoms with Crippen molar-refractivity contribution in [2.45, 2.75) is 32.7 Å². The van der Waals surface area contributed by atoms with Gasteiger partial charge in [0, 0.05) is 11.4 Å². The van der Waals surface area contributed by atoms with E-state index in [1.807, 2.05) is 6.07 Å². The van der Waals surface area contributed by atoms with Gasteiger partial charge >= 0.3 is 0 Å².